The Bertz CT molecular complexity index is 1720. The average molecular weight is 1350 g/mol. The molecule has 4 atom stereocenters. The first-order valence-corrected chi connectivity index (χ1v) is 40.6. The molecule has 542 valence electrons. The van der Waals surface area contributed by atoms with Crippen molar-refractivity contribution in [2.45, 2.75) is 380 Å². The van der Waals surface area contributed by atoms with Crippen molar-refractivity contribution in [2.75, 3.05) is 39.6 Å². The molecule has 0 aliphatic rings. The Morgan fingerprint density at radius 3 is 0.761 bits per heavy atom. The van der Waals surface area contributed by atoms with Crippen LogP contribution >= 0.6 is 15.6 Å². The third-order valence-corrected chi connectivity index (χ3v) is 18.3. The number of esters is 4. The van der Waals surface area contributed by atoms with Gasteiger partial charge in [-0.25, -0.2) is 9.13 Å². The fraction of sp³-hybridized carbons (Fsp3) is 0.890. The molecule has 0 aliphatic carbocycles. The van der Waals surface area contributed by atoms with Gasteiger partial charge in [-0.15, -0.1) is 0 Å². The average Bonchev–Trinajstić information content (AvgIpc) is 3.45. The molecule has 0 spiro atoms. The number of aliphatic hydroxyl groups excluding tert-OH is 1. The van der Waals surface area contributed by atoms with Gasteiger partial charge < -0.3 is 33.8 Å². The number of allylic oxidation sites excluding steroid dienone is 4. The summed E-state index contributed by atoms with van der Waals surface area (Å²) >= 11 is 0. The minimum absolute atomic E-state index is 0.0931. The maximum atomic E-state index is 13.0. The Morgan fingerprint density at radius 2 is 0.500 bits per heavy atom. The number of hydrogen-bond acceptors (Lipinski definition) is 15. The number of aliphatic hydroxyl groups is 1. The summed E-state index contributed by atoms with van der Waals surface area (Å²) in [6.07, 6.45) is 58.8. The first kappa shape index (κ1) is 89.5. The summed E-state index contributed by atoms with van der Waals surface area (Å²) in [4.78, 5) is 72.7. The molecule has 0 saturated carbocycles. The van der Waals surface area contributed by atoms with Gasteiger partial charge >= 0.3 is 39.5 Å². The normalized spacial score (nSPS) is 14.1. The molecule has 0 aromatic carbocycles. The highest BCUT2D eigenvalue weighted by Gasteiger charge is 2.30. The van der Waals surface area contributed by atoms with E-state index in [1.165, 1.54) is 167 Å². The molecule has 0 aromatic rings. The molecule has 0 bridgehead atoms. The molecule has 0 aromatic heterocycles. The molecule has 0 radical (unpaired) electrons. The van der Waals surface area contributed by atoms with Gasteiger partial charge in [-0.3, -0.25) is 37.3 Å². The summed E-state index contributed by atoms with van der Waals surface area (Å²) in [5.74, 6) is -2.15. The first-order chi connectivity index (χ1) is 44.7. The summed E-state index contributed by atoms with van der Waals surface area (Å²) < 4.78 is 68.4. The lowest BCUT2D eigenvalue weighted by atomic mass is 10.0. The van der Waals surface area contributed by atoms with Gasteiger partial charge in [-0.1, -0.05) is 283 Å². The molecular formula is C73H138O17P2. The molecule has 0 aliphatic heterocycles. The second-order valence-corrected chi connectivity index (χ2v) is 28.5. The van der Waals surface area contributed by atoms with Crippen molar-refractivity contribution in [1.82, 2.24) is 0 Å². The minimum Gasteiger partial charge on any atom is -0.462 e. The van der Waals surface area contributed by atoms with Crippen LogP contribution in [0.15, 0.2) is 24.3 Å². The zero-order valence-electron chi connectivity index (χ0n) is 59.0. The highest BCUT2D eigenvalue weighted by molar-refractivity contribution is 7.47. The Labute approximate surface area is 561 Å². The van der Waals surface area contributed by atoms with E-state index in [2.05, 4.69) is 52.0 Å². The lowest BCUT2D eigenvalue weighted by Crippen LogP contribution is -2.30. The van der Waals surface area contributed by atoms with E-state index in [-0.39, 0.29) is 25.7 Å². The van der Waals surface area contributed by atoms with E-state index in [1.807, 2.05) is 0 Å². The van der Waals surface area contributed by atoms with Crippen molar-refractivity contribution < 1.29 is 80.2 Å². The van der Waals surface area contributed by atoms with Crippen LogP contribution in [0.1, 0.15) is 362 Å². The highest BCUT2D eigenvalue weighted by Crippen LogP contribution is 2.45. The number of hydrogen-bond donors (Lipinski definition) is 3. The maximum absolute atomic E-state index is 13.0. The smallest absolute Gasteiger partial charge is 0.462 e. The Morgan fingerprint density at radius 1 is 0.293 bits per heavy atom. The summed E-state index contributed by atoms with van der Waals surface area (Å²) in [5.41, 5.74) is 0. The van der Waals surface area contributed by atoms with Crippen molar-refractivity contribution in [2.24, 2.45) is 0 Å². The van der Waals surface area contributed by atoms with Crippen molar-refractivity contribution in [1.29, 1.82) is 0 Å². The number of carbonyl (C=O) groups excluding carboxylic acids is 4. The molecule has 0 heterocycles. The SMILES string of the molecule is CCCCCC/C=C\CCCCCCCC(=O)OC(COC(=O)CCCCCCCCCCCCCCC)COP(=O)(O)OCC(O)COP(=O)(O)OCC(COC(=O)CCCCCCCCCCCCCCC)OC(=O)CCCCCCC/C=C\CCCCCC. The molecule has 92 heavy (non-hydrogen) atoms. The molecule has 17 nitrogen and oxygen atoms in total. The van der Waals surface area contributed by atoms with E-state index in [9.17, 15) is 43.2 Å². The highest BCUT2D eigenvalue weighted by atomic mass is 31.2. The van der Waals surface area contributed by atoms with Crippen LogP contribution in [0.25, 0.3) is 0 Å². The van der Waals surface area contributed by atoms with Crippen molar-refractivity contribution >= 4 is 39.5 Å². The van der Waals surface area contributed by atoms with Crippen LogP contribution in [0.5, 0.6) is 0 Å². The van der Waals surface area contributed by atoms with Gasteiger partial charge in [0.05, 0.1) is 26.4 Å². The number of rotatable bonds is 72. The van der Waals surface area contributed by atoms with Gasteiger partial charge in [0.2, 0.25) is 0 Å². The zero-order valence-corrected chi connectivity index (χ0v) is 60.8. The largest absolute Gasteiger partial charge is 0.472 e. The van der Waals surface area contributed by atoms with Crippen LogP contribution in [-0.2, 0) is 65.4 Å². The Balaban J connectivity index is 5.29. The van der Waals surface area contributed by atoms with Crippen LogP contribution in [0.3, 0.4) is 0 Å². The Kier molecular flexibility index (Phi) is 65.3. The third kappa shape index (κ3) is 66.2. The predicted octanol–water partition coefficient (Wildman–Crippen LogP) is 21.0. The number of unbranched alkanes of at least 4 members (excludes halogenated alkanes) is 42. The summed E-state index contributed by atoms with van der Waals surface area (Å²) in [5, 5.41) is 10.6. The van der Waals surface area contributed by atoms with Crippen molar-refractivity contribution in [3.05, 3.63) is 24.3 Å². The van der Waals surface area contributed by atoms with E-state index >= 15 is 0 Å². The quantitative estimate of drug-likeness (QED) is 0.0169. The number of phosphoric ester groups is 2. The van der Waals surface area contributed by atoms with Crippen LogP contribution < -0.4 is 0 Å². The number of phosphoric acid groups is 2. The van der Waals surface area contributed by atoms with E-state index in [0.29, 0.717) is 25.7 Å². The Hall–Kier alpha value is -2.46. The van der Waals surface area contributed by atoms with Gasteiger partial charge in [-0.2, -0.15) is 0 Å². The molecule has 0 amide bonds. The summed E-state index contributed by atoms with van der Waals surface area (Å²) in [6.45, 7) is 4.89. The van der Waals surface area contributed by atoms with Gasteiger partial charge in [0.1, 0.15) is 19.3 Å². The molecule has 3 N–H and O–H groups in total. The van der Waals surface area contributed by atoms with Crippen LogP contribution in [0, 0.1) is 0 Å². The lowest BCUT2D eigenvalue weighted by Gasteiger charge is -2.21. The fourth-order valence-electron chi connectivity index (χ4n) is 10.6. The number of ether oxygens (including phenoxy) is 4. The first-order valence-electron chi connectivity index (χ1n) is 37.6. The minimum atomic E-state index is -4.96. The molecular weight excluding hydrogens is 1210 g/mol. The van der Waals surface area contributed by atoms with Gasteiger partial charge in [0.25, 0.3) is 0 Å². The third-order valence-electron chi connectivity index (χ3n) is 16.4. The molecule has 4 unspecified atom stereocenters. The second-order valence-electron chi connectivity index (χ2n) is 25.6. The van der Waals surface area contributed by atoms with Gasteiger partial charge in [-0.05, 0) is 77.0 Å². The summed E-state index contributed by atoms with van der Waals surface area (Å²) in [7, 11) is -9.92. The van der Waals surface area contributed by atoms with Gasteiger partial charge in [0.15, 0.2) is 12.2 Å². The topological polar surface area (TPSA) is 237 Å². The van der Waals surface area contributed by atoms with E-state index in [0.717, 1.165) is 116 Å². The van der Waals surface area contributed by atoms with Crippen molar-refractivity contribution in [3.63, 3.8) is 0 Å². The standard InChI is InChI=1S/C73H138O17P2/c1-5-9-13-17-21-25-29-33-37-41-45-49-53-57-70(75)83-63-68(89-72(77)59-55-51-47-43-39-35-31-27-23-19-15-11-7-3)65-87-91(79,80)85-61-67(74)62-86-92(81,82)88-66-69(90-73(78)60-56-52-48-44-40-36-32-28-24-20-16-12-8-4)64-84-71(76)58-54-50-46-42-38-34-30-26-22-18-14-10-6-2/h27-28,31-32,67-69,74H,5-26,29-30,33-66H2,1-4H3,(H,79,80)(H,81,82)/b31-27-,32-28-. The van der Waals surface area contributed by atoms with Crippen LogP contribution in [-0.4, -0.2) is 96.7 Å². The van der Waals surface area contributed by atoms with Crippen LogP contribution in [0.4, 0.5) is 0 Å². The fourth-order valence-corrected chi connectivity index (χ4v) is 12.2. The van der Waals surface area contributed by atoms with Crippen molar-refractivity contribution in [3.8, 4) is 0 Å². The van der Waals surface area contributed by atoms with Crippen LogP contribution in [0.2, 0.25) is 0 Å². The summed E-state index contributed by atoms with van der Waals surface area (Å²) in [6, 6.07) is 0. The molecule has 0 rings (SSSR count). The van der Waals surface area contributed by atoms with E-state index in [1.54, 1.807) is 0 Å². The van der Waals surface area contributed by atoms with E-state index in [4.69, 9.17) is 37.0 Å². The second kappa shape index (κ2) is 67.1. The molecule has 0 fully saturated rings. The lowest BCUT2D eigenvalue weighted by molar-refractivity contribution is -0.161. The monoisotopic (exact) mass is 1350 g/mol. The predicted molar refractivity (Wildman–Crippen MR) is 372 cm³/mol. The zero-order chi connectivity index (χ0) is 67.5. The molecule has 19 heteroatoms. The van der Waals surface area contributed by atoms with Gasteiger partial charge in [0, 0.05) is 25.7 Å². The van der Waals surface area contributed by atoms with E-state index < -0.39 is 97.5 Å². The molecule has 0 saturated heterocycles. The number of carbonyl (C=O) groups is 4. The maximum Gasteiger partial charge on any atom is 0.472 e.